The number of fused-ring (bicyclic) bond motifs is 1. The van der Waals surface area contributed by atoms with Crippen molar-refractivity contribution < 1.29 is 57.8 Å². The van der Waals surface area contributed by atoms with Crippen molar-refractivity contribution in [3.05, 3.63) is 113 Å². The average Bonchev–Trinajstić information content (AvgIpc) is 3.74. The van der Waals surface area contributed by atoms with Crippen LogP contribution in [-0.2, 0) is 49.0 Å². The minimum Gasteiger partial charge on any atom is -0.475 e. The Morgan fingerprint density at radius 2 is 1.57 bits per heavy atom. The number of nitrogens with one attached hydrogen (secondary N) is 2. The van der Waals surface area contributed by atoms with Crippen LogP contribution >= 0.6 is 23.4 Å². The third-order valence-corrected chi connectivity index (χ3v) is 16.9. The average molecular weight is 1090 g/mol. The van der Waals surface area contributed by atoms with E-state index in [9.17, 15) is 43.2 Å². The molecule has 3 aliphatic rings. The van der Waals surface area contributed by atoms with Crippen molar-refractivity contribution >= 4 is 60.8 Å². The number of rotatable bonds is 16. The minimum atomic E-state index is -6.00. The van der Waals surface area contributed by atoms with E-state index in [-0.39, 0.29) is 23.7 Å². The number of carboxylic acids is 1. The maximum atomic E-state index is 14.3. The zero-order valence-corrected chi connectivity index (χ0v) is 42.0. The molecule has 0 aliphatic carbocycles. The molecule has 8 rings (SSSR count). The summed E-state index contributed by atoms with van der Waals surface area (Å²) >= 11 is 7.63. The normalized spacial score (nSPS) is 18.9. The molecule has 15 nitrogen and oxygen atoms in total. The van der Waals surface area contributed by atoms with E-state index in [4.69, 9.17) is 26.2 Å². The number of anilines is 2. The molecule has 2 unspecified atom stereocenters. The fraction of sp³-hybridized carbons (Fsp3) is 0.426. The molecule has 25 heteroatoms. The summed E-state index contributed by atoms with van der Waals surface area (Å²) in [6, 6.07) is 28.6. The lowest BCUT2D eigenvalue weighted by Crippen LogP contribution is -2.50. The Morgan fingerprint density at radius 3 is 2.24 bits per heavy atom. The number of nitrogens with zero attached hydrogens (tertiary/aromatic N) is 6. The monoisotopic (exact) mass is 1090 g/mol. The lowest BCUT2D eigenvalue weighted by atomic mass is 9.94. The molecule has 390 valence electrons. The first kappa shape index (κ1) is 54.8. The predicted octanol–water partition coefficient (Wildman–Crippen LogP) is 8.49. The molecule has 4 aromatic carbocycles. The van der Waals surface area contributed by atoms with Crippen molar-refractivity contribution in [1.82, 2.24) is 29.5 Å². The van der Waals surface area contributed by atoms with Gasteiger partial charge in [0.1, 0.15) is 10.7 Å². The van der Waals surface area contributed by atoms with E-state index in [1.165, 1.54) is 22.9 Å². The fourth-order valence-corrected chi connectivity index (χ4v) is 11.9. The zero-order valence-electron chi connectivity index (χ0n) is 38.8. The molecule has 0 bridgehead atoms. The molecule has 72 heavy (non-hydrogen) atoms. The second-order valence-corrected chi connectivity index (χ2v) is 22.6. The van der Waals surface area contributed by atoms with Crippen molar-refractivity contribution in [1.29, 1.82) is 0 Å². The Hall–Kier alpha value is -4.95. The largest absolute Gasteiger partial charge is 0.501 e. The number of carboxylic acid groups (broad SMARTS) is 1. The summed E-state index contributed by atoms with van der Waals surface area (Å²) in [7, 11) is -10.6. The summed E-state index contributed by atoms with van der Waals surface area (Å²) < 4.78 is 138. The number of sulfone groups is 1. The first-order chi connectivity index (χ1) is 34.1. The van der Waals surface area contributed by atoms with Gasteiger partial charge >= 0.3 is 17.7 Å². The SMILES string of the molecule is CC1CC(N2CCn3c(nnc3NS(=O)(=O)c3ccc(N[C@H](CCN4CCOCC4)CSc4ccccc4)c(S(=O)(=O)C(F)(F)F)c3)C2)CCN1Cc1ccccc1-c1ccc(Cl)cc1.O=C(O)C(F)(F)F. The molecule has 0 spiro atoms. The number of likely N-dealkylation sites (tertiary alicyclic amines) is 1. The van der Waals surface area contributed by atoms with Crippen molar-refractivity contribution in [3.8, 4) is 11.1 Å². The number of alkyl halides is 6. The Balaban J connectivity index is 0.00000101. The van der Waals surface area contributed by atoms with Gasteiger partial charge < -0.3 is 15.2 Å². The number of piperidine rings is 1. The highest BCUT2D eigenvalue weighted by atomic mass is 35.5. The maximum absolute atomic E-state index is 14.3. The van der Waals surface area contributed by atoms with Gasteiger partial charge in [0, 0.05) is 79.6 Å². The predicted molar refractivity (Wildman–Crippen MR) is 261 cm³/mol. The van der Waals surface area contributed by atoms with E-state index in [0.29, 0.717) is 81.6 Å². The van der Waals surface area contributed by atoms with Crippen molar-refractivity contribution in [2.24, 2.45) is 0 Å². The van der Waals surface area contributed by atoms with Gasteiger partial charge in [0.25, 0.3) is 19.9 Å². The number of thioether (sulfide) groups is 1. The van der Waals surface area contributed by atoms with Gasteiger partial charge in [-0.25, -0.2) is 26.4 Å². The van der Waals surface area contributed by atoms with Crippen LogP contribution in [0.3, 0.4) is 0 Å². The molecule has 0 saturated carbocycles. The van der Waals surface area contributed by atoms with E-state index in [1.807, 2.05) is 60.7 Å². The summed E-state index contributed by atoms with van der Waals surface area (Å²) in [6.45, 7) is 8.43. The van der Waals surface area contributed by atoms with Crippen LogP contribution in [0.15, 0.2) is 112 Å². The number of aliphatic carboxylic acids is 1. The number of halogens is 7. The molecule has 3 aliphatic heterocycles. The number of carbonyl (C=O) groups is 1. The smallest absolute Gasteiger partial charge is 0.475 e. The van der Waals surface area contributed by atoms with Gasteiger partial charge in [0.15, 0.2) is 0 Å². The fourth-order valence-electron chi connectivity index (χ4n) is 8.72. The molecule has 2 saturated heterocycles. The minimum absolute atomic E-state index is 0.106. The molecule has 5 aromatic rings. The number of hydrogen-bond acceptors (Lipinski definition) is 13. The number of hydrogen-bond donors (Lipinski definition) is 3. The first-order valence-electron chi connectivity index (χ1n) is 22.9. The van der Waals surface area contributed by atoms with Gasteiger partial charge in [-0.1, -0.05) is 66.2 Å². The Kier molecular flexibility index (Phi) is 17.9. The number of benzene rings is 4. The van der Waals surface area contributed by atoms with Gasteiger partial charge in [-0.05, 0) is 85.3 Å². The third-order valence-electron chi connectivity index (χ3n) is 12.6. The highest BCUT2D eigenvalue weighted by molar-refractivity contribution is 7.99. The van der Waals surface area contributed by atoms with Crippen LogP contribution in [0.4, 0.5) is 38.0 Å². The van der Waals surface area contributed by atoms with Crippen LogP contribution in [0, 0.1) is 0 Å². The zero-order chi connectivity index (χ0) is 51.8. The van der Waals surface area contributed by atoms with Gasteiger partial charge in [-0.3, -0.25) is 19.3 Å². The first-order valence-corrected chi connectivity index (χ1v) is 27.2. The lowest BCUT2D eigenvalue weighted by molar-refractivity contribution is -0.192. The molecular weight excluding hydrogens is 1030 g/mol. The van der Waals surface area contributed by atoms with E-state index in [1.54, 1.807) is 4.57 Å². The van der Waals surface area contributed by atoms with Gasteiger partial charge in [0.05, 0.1) is 30.3 Å². The molecule has 4 heterocycles. The number of sulfonamides is 1. The highest BCUT2D eigenvalue weighted by Gasteiger charge is 2.48. The maximum Gasteiger partial charge on any atom is 0.501 e. The summed E-state index contributed by atoms with van der Waals surface area (Å²) in [5.74, 6) is -1.92. The van der Waals surface area contributed by atoms with Crippen LogP contribution in [0.25, 0.3) is 11.1 Å². The van der Waals surface area contributed by atoms with Crippen LogP contribution < -0.4 is 10.0 Å². The number of ether oxygens (including phenoxy) is 1. The van der Waals surface area contributed by atoms with Gasteiger partial charge in [-0.2, -0.15) is 26.3 Å². The molecule has 3 atom stereocenters. The summed E-state index contributed by atoms with van der Waals surface area (Å²) in [4.78, 5) is 15.0. The van der Waals surface area contributed by atoms with Gasteiger partial charge in [0.2, 0.25) is 5.95 Å². The Morgan fingerprint density at radius 1 is 0.889 bits per heavy atom. The molecule has 2 fully saturated rings. The third kappa shape index (κ3) is 14.0. The molecular formula is C47H53ClF6N8O7S3. The van der Waals surface area contributed by atoms with Crippen LogP contribution in [0.5, 0.6) is 0 Å². The second-order valence-electron chi connectivity index (χ2n) is 17.4. The lowest BCUT2D eigenvalue weighted by Gasteiger charge is -2.43. The van der Waals surface area contributed by atoms with E-state index in [2.05, 4.69) is 60.1 Å². The Bertz CT molecular complexity index is 2860. The van der Waals surface area contributed by atoms with E-state index in [0.717, 1.165) is 48.5 Å². The van der Waals surface area contributed by atoms with E-state index < -0.39 is 53.3 Å². The summed E-state index contributed by atoms with van der Waals surface area (Å²) in [6.07, 6.45) is -2.76. The van der Waals surface area contributed by atoms with Crippen LogP contribution in [-0.4, -0.2) is 139 Å². The molecule has 1 aromatic heterocycles. The summed E-state index contributed by atoms with van der Waals surface area (Å²) in [5, 5.41) is 19.3. The van der Waals surface area contributed by atoms with Crippen molar-refractivity contribution in [2.45, 2.75) is 90.3 Å². The topological polar surface area (TPSA) is 179 Å². The molecule has 0 amide bonds. The molecule has 0 radical (unpaired) electrons. The highest BCUT2D eigenvalue weighted by Crippen LogP contribution is 2.38. The number of morpholine rings is 1. The van der Waals surface area contributed by atoms with Crippen molar-refractivity contribution in [3.63, 3.8) is 0 Å². The quantitative estimate of drug-likeness (QED) is 0.0633. The second kappa shape index (κ2) is 23.5. The summed E-state index contributed by atoms with van der Waals surface area (Å²) in [5.41, 5.74) is -2.51. The van der Waals surface area contributed by atoms with Gasteiger partial charge in [-0.15, -0.1) is 22.0 Å². The van der Waals surface area contributed by atoms with Crippen molar-refractivity contribution in [2.75, 3.05) is 61.7 Å². The number of aromatic nitrogens is 3. The Labute approximate surface area is 422 Å². The van der Waals surface area contributed by atoms with Crippen LogP contribution in [0.1, 0.15) is 37.6 Å². The standard InChI is InChI=1S/C45H52ClF3N8O5S3.C2HF3O2/c1-32-27-37(18-20-55(32)29-34-7-5-6-10-40(34)33-11-13-35(46)14-12-33)56-21-22-57-43(30-56)51-52-44(57)53-65(60,61)39-15-16-41(42(28-39)64(58,59)45(47,48)49)50-36(17-19-54-23-25-62-26-24-54)31-63-38-8-3-2-4-9-38;3-2(4,5)1(6)7/h2-16,28,32,36-37,50H,17-27,29-31H2,1H3,(H,52,53);(H,6,7)/t32?,36-,37?;/m1./s1. The molecule has 3 N–H and O–H groups in total. The van der Waals surface area contributed by atoms with E-state index >= 15 is 0 Å². The van der Waals surface area contributed by atoms with Crippen LogP contribution in [0.2, 0.25) is 5.02 Å².